The molecule has 0 bridgehead atoms. The van der Waals surface area contributed by atoms with Crippen LogP contribution in [0.1, 0.15) is 12.5 Å². The molecule has 0 saturated heterocycles. The van der Waals surface area contributed by atoms with Gasteiger partial charge in [0.2, 0.25) is 0 Å². The second-order valence-corrected chi connectivity index (χ2v) is 4.04. The summed E-state index contributed by atoms with van der Waals surface area (Å²) in [6, 6.07) is 5.61. The van der Waals surface area contributed by atoms with Gasteiger partial charge in [-0.2, -0.15) is 0 Å². The van der Waals surface area contributed by atoms with E-state index < -0.39 is 0 Å². The van der Waals surface area contributed by atoms with Gasteiger partial charge in [0.1, 0.15) is 5.78 Å². The second-order valence-electron chi connectivity index (χ2n) is 3.63. The highest BCUT2D eigenvalue weighted by atomic mass is 35.5. The van der Waals surface area contributed by atoms with Crippen molar-refractivity contribution < 1.29 is 4.79 Å². The fourth-order valence-corrected chi connectivity index (χ4v) is 1.86. The maximum Gasteiger partial charge on any atom is 0.134 e. The number of hydrogen-bond donors (Lipinski definition) is 0. The molecule has 16 heavy (non-hydrogen) atoms. The molecule has 0 amide bonds. The summed E-state index contributed by atoms with van der Waals surface area (Å²) in [5.41, 5.74) is 1.80. The number of rotatable bonds is 3. The number of hydrogen-bond acceptors (Lipinski definition) is 2. The van der Waals surface area contributed by atoms with E-state index in [1.807, 2.05) is 29.0 Å². The van der Waals surface area contributed by atoms with Crippen molar-refractivity contribution in [3.05, 3.63) is 47.5 Å². The molecule has 1 aromatic heterocycles. The number of carbonyl (C=O) groups is 1. The summed E-state index contributed by atoms with van der Waals surface area (Å²) in [5, 5.41) is 0.622. The van der Waals surface area contributed by atoms with E-state index in [1.54, 1.807) is 19.4 Å². The Morgan fingerprint density at radius 2 is 2.31 bits per heavy atom. The van der Waals surface area contributed by atoms with E-state index >= 15 is 0 Å². The number of Topliss-reactive ketones (excluding diaryl/α,β-unsaturated/α-hetero) is 1. The Morgan fingerprint density at radius 3 is 2.88 bits per heavy atom. The molecule has 0 fully saturated rings. The number of ketones is 1. The molecule has 1 aromatic carbocycles. The average molecular weight is 235 g/mol. The van der Waals surface area contributed by atoms with Crippen LogP contribution in [0.15, 0.2) is 36.9 Å². The van der Waals surface area contributed by atoms with Crippen LogP contribution >= 0.6 is 11.6 Å². The molecule has 0 N–H and O–H groups in total. The van der Waals surface area contributed by atoms with Gasteiger partial charge in [-0.05, 0) is 24.6 Å². The minimum absolute atomic E-state index is 0.131. The summed E-state index contributed by atoms with van der Waals surface area (Å²) in [6.07, 6.45) is 5.63. The van der Waals surface area contributed by atoms with Crippen molar-refractivity contribution in [2.45, 2.75) is 13.3 Å². The maximum atomic E-state index is 11.0. The largest absolute Gasteiger partial charge is 0.305 e. The van der Waals surface area contributed by atoms with Crippen LogP contribution in [0.4, 0.5) is 0 Å². The summed E-state index contributed by atoms with van der Waals surface area (Å²) >= 11 is 6.14. The first-order valence-electron chi connectivity index (χ1n) is 4.93. The van der Waals surface area contributed by atoms with Crippen molar-refractivity contribution in [2.24, 2.45) is 0 Å². The SMILES string of the molecule is CC(=O)Cc1ccc(-n2ccnc2)c(Cl)c1. The summed E-state index contributed by atoms with van der Waals surface area (Å²) in [5.74, 6) is 0.131. The Balaban J connectivity index is 2.34. The van der Waals surface area contributed by atoms with Gasteiger partial charge in [0.15, 0.2) is 0 Å². The second kappa shape index (κ2) is 4.49. The van der Waals surface area contributed by atoms with Crippen LogP contribution in [0, 0.1) is 0 Å². The van der Waals surface area contributed by atoms with Crippen LogP contribution in [0.25, 0.3) is 5.69 Å². The fourth-order valence-electron chi connectivity index (χ4n) is 1.56. The highest BCUT2D eigenvalue weighted by molar-refractivity contribution is 6.32. The van der Waals surface area contributed by atoms with Crippen molar-refractivity contribution in [3.63, 3.8) is 0 Å². The number of nitrogens with zero attached hydrogens (tertiary/aromatic N) is 2. The molecule has 4 heteroatoms. The summed E-state index contributed by atoms with van der Waals surface area (Å²) in [4.78, 5) is 14.9. The quantitative estimate of drug-likeness (QED) is 0.819. The van der Waals surface area contributed by atoms with Crippen LogP contribution in [0.3, 0.4) is 0 Å². The molecule has 2 aromatic rings. The predicted octanol–water partition coefficient (Wildman–Crippen LogP) is 2.66. The zero-order valence-electron chi connectivity index (χ0n) is 8.85. The van der Waals surface area contributed by atoms with Gasteiger partial charge >= 0.3 is 0 Å². The number of aromatic nitrogens is 2. The Bertz CT molecular complexity index is 506. The van der Waals surface area contributed by atoms with Crippen LogP contribution in [0.2, 0.25) is 5.02 Å². The minimum Gasteiger partial charge on any atom is -0.305 e. The van der Waals surface area contributed by atoms with Gasteiger partial charge in [-0.25, -0.2) is 4.98 Å². The molecule has 0 atom stereocenters. The van der Waals surface area contributed by atoms with Crippen molar-refractivity contribution in [1.82, 2.24) is 9.55 Å². The lowest BCUT2D eigenvalue weighted by atomic mass is 10.1. The zero-order chi connectivity index (χ0) is 11.5. The molecule has 1 heterocycles. The number of halogens is 1. The molecule has 0 radical (unpaired) electrons. The van der Waals surface area contributed by atoms with Crippen molar-refractivity contribution in [1.29, 1.82) is 0 Å². The minimum atomic E-state index is 0.131. The Kier molecular flexibility index (Phi) is 3.06. The van der Waals surface area contributed by atoms with E-state index in [0.717, 1.165) is 11.3 Å². The zero-order valence-corrected chi connectivity index (χ0v) is 9.61. The third-order valence-electron chi connectivity index (χ3n) is 2.25. The lowest BCUT2D eigenvalue weighted by molar-refractivity contribution is -0.116. The number of benzene rings is 1. The molecular formula is C12H11ClN2O. The van der Waals surface area contributed by atoms with Crippen LogP contribution < -0.4 is 0 Å². The van der Waals surface area contributed by atoms with Gasteiger partial charge < -0.3 is 4.57 Å². The van der Waals surface area contributed by atoms with Crippen molar-refractivity contribution in [2.75, 3.05) is 0 Å². The monoisotopic (exact) mass is 234 g/mol. The smallest absolute Gasteiger partial charge is 0.134 e. The molecule has 0 saturated carbocycles. The maximum absolute atomic E-state index is 11.0. The van der Waals surface area contributed by atoms with E-state index in [9.17, 15) is 4.79 Å². The molecule has 0 aliphatic carbocycles. The molecule has 82 valence electrons. The average Bonchev–Trinajstić information content (AvgIpc) is 2.69. The number of carbonyl (C=O) groups excluding carboxylic acids is 1. The summed E-state index contributed by atoms with van der Waals surface area (Å²) in [7, 11) is 0. The summed E-state index contributed by atoms with van der Waals surface area (Å²) in [6.45, 7) is 1.57. The van der Waals surface area contributed by atoms with Crippen LogP contribution in [-0.2, 0) is 11.2 Å². The molecule has 0 unspecified atom stereocenters. The van der Waals surface area contributed by atoms with E-state index in [0.29, 0.717) is 11.4 Å². The molecule has 0 aliphatic rings. The topological polar surface area (TPSA) is 34.9 Å². The van der Waals surface area contributed by atoms with Crippen LogP contribution in [-0.4, -0.2) is 15.3 Å². The highest BCUT2D eigenvalue weighted by Gasteiger charge is 2.04. The number of imidazole rings is 1. The van der Waals surface area contributed by atoms with Gasteiger partial charge in [0.05, 0.1) is 17.0 Å². The third-order valence-corrected chi connectivity index (χ3v) is 2.55. The lowest BCUT2D eigenvalue weighted by Gasteiger charge is -2.06. The van der Waals surface area contributed by atoms with Gasteiger partial charge in [0, 0.05) is 18.8 Å². The van der Waals surface area contributed by atoms with Crippen molar-refractivity contribution >= 4 is 17.4 Å². The third kappa shape index (κ3) is 2.31. The van der Waals surface area contributed by atoms with E-state index in [2.05, 4.69) is 4.98 Å². The van der Waals surface area contributed by atoms with Gasteiger partial charge in [-0.3, -0.25) is 4.79 Å². The summed E-state index contributed by atoms with van der Waals surface area (Å²) < 4.78 is 1.83. The van der Waals surface area contributed by atoms with Crippen molar-refractivity contribution in [3.8, 4) is 5.69 Å². The molecule has 0 aliphatic heterocycles. The standard InChI is InChI=1S/C12H11ClN2O/c1-9(16)6-10-2-3-12(11(13)7-10)15-5-4-14-8-15/h2-5,7-8H,6H2,1H3. The fraction of sp³-hybridized carbons (Fsp3) is 0.167. The predicted molar refractivity (Wildman–Crippen MR) is 63.0 cm³/mol. The molecule has 2 rings (SSSR count). The Morgan fingerprint density at radius 1 is 1.50 bits per heavy atom. The van der Waals surface area contributed by atoms with E-state index in [-0.39, 0.29) is 5.78 Å². The first-order valence-corrected chi connectivity index (χ1v) is 5.31. The lowest BCUT2D eigenvalue weighted by Crippen LogP contribution is -1.98. The highest BCUT2D eigenvalue weighted by Crippen LogP contribution is 2.21. The Hall–Kier alpha value is -1.61. The molecule has 3 nitrogen and oxygen atoms in total. The first kappa shape index (κ1) is 10.9. The van der Waals surface area contributed by atoms with E-state index in [1.165, 1.54) is 0 Å². The van der Waals surface area contributed by atoms with Gasteiger partial charge in [0.25, 0.3) is 0 Å². The molecular weight excluding hydrogens is 224 g/mol. The van der Waals surface area contributed by atoms with Gasteiger partial charge in [-0.1, -0.05) is 17.7 Å². The first-order chi connectivity index (χ1) is 7.66. The molecule has 0 spiro atoms. The Labute approximate surface area is 98.7 Å². The normalized spacial score (nSPS) is 10.4. The van der Waals surface area contributed by atoms with Gasteiger partial charge in [-0.15, -0.1) is 0 Å². The van der Waals surface area contributed by atoms with Crippen LogP contribution in [0.5, 0.6) is 0 Å². The van der Waals surface area contributed by atoms with E-state index in [4.69, 9.17) is 11.6 Å².